The number of aryl methyl sites for hydroxylation is 1. The van der Waals surface area contributed by atoms with Crippen molar-refractivity contribution in [3.8, 4) is 0 Å². The molecule has 22 heavy (non-hydrogen) atoms. The Morgan fingerprint density at radius 1 is 1.27 bits per heavy atom. The van der Waals surface area contributed by atoms with E-state index in [-0.39, 0.29) is 24.2 Å². The molecule has 0 unspecified atom stereocenters. The van der Waals surface area contributed by atoms with Crippen LogP contribution in [-0.4, -0.2) is 31.8 Å². The third kappa shape index (κ3) is 3.59. The Bertz CT molecular complexity index is 805. The molecule has 0 amide bonds. The van der Waals surface area contributed by atoms with Gasteiger partial charge in [-0.05, 0) is 19.1 Å². The molecule has 8 heteroatoms. The van der Waals surface area contributed by atoms with Crippen molar-refractivity contribution in [2.45, 2.75) is 18.6 Å². The molecule has 0 saturated carbocycles. The lowest BCUT2D eigenvalue weighted by molar-refractivity contribution is -0.142. The standard InChI is InChI=1S/C14H12N4O3S/c1-9-16-12(21-18-9)7-20-14(19)8-22-13-6-15-10-4-2-3-5-11(10)17-13/h2-6H,7-8H2,1H3. The Kier molecular flexibility index (Phi) is 4.29. The molecule has 0 radical (unpaired) electrons. The van der Waals surface area contributed by atoms with Crippen molar-refractivity contribution in [1.29, 1.82) is 0 Å². The number of thioether (sulfide) groups is 1. The molecule has 2 aromatic heterocycles. The number of benzene rings is 1. The number of carbonyl (C=O) groups is 1. The maximum Gasteiger partial charge on any atom is 0.316 e. The van der Waals surface area contributed by atoms with Crippen molar-refractivity contribution in [3.05, 3.63) is 42.2 Å². The van der Waals surface area contributed by atoms with E-state index in [2.05, 4.69) is 20.1 Å². The van der Waals surface area contributed by atoms with Crippen LogP contribution < -0.4 is 0 Å². The van der Waals surface area contributed by atoms with Crippen LogP contribution in [0.2, 0.25) is 0 Å². The molecule has 3 aromatic rings. The highest BCUT2D eigenvalue weighted by Gasteiger charge is 2.09. The molecule has 3 rings (SSSR count). The summed E-state index contributed by atoms with van der Waals surface area (Å²) in [6.07, 6.45) is 1.64. The van der Waals surface area contributed by atoms with Crippen LogP contribution in [0.4, 0.5) is 0 Å². The van der Waals surface area contributed by atoms with Gasteiger partial charge < -0.3 is 9.26 Å². The topological polar surface area (TPSA) is 91.0 Å². The third-order valence-corrected chi connectivity index (χ3v) is 3.56. The molecule has 112 valence electrons. The normalized spacial score (nSPS) is 10.8. The zero-order valence-electron chi connectivity index (χ0n) is 11.7. The van der Waals surface area contributed by atoms with E-state index in [1.807, 2.05) is 24.3 Å². The van der Waals surface area contributed by atoms with Gasteiger partial charge in [-0.2, -0.15) is 4.98 Å². The van der Waals surface area contributed by atoms with Crippen LogP contribution in [0.5, 0.6) is 0 Å². The molecular formula is C14H12N4O3S. The molecule has 0 aliphatic carbocycles. The number of hydrogen-bond acceptors (Lipinski definition) is 8. The Balaban J connectivity index is 1.53. The number of esters is 1. The van der Waals surface area contributed by atoms with Gasteiger partial charge in [0.05, 0.1) is 23.0 Å². The van der Waals surface area contributed by atoms with E-state index in [1.54, 1.807) is 13.1 Å². The first-order valence-electron chi connectivity index (χ1n) is 6.50. The highest BCUT2D eigenvalue weighted by Crippen LogP contribution is 2.18. The molecule has 0 aliphatic heterocycles. The number of hydrogen-bond donors (Lipinski definition) is 0. The lowest BCUT2D eigenvalue weighted by Crippen LogP contribution is -2.07. The van der Waals surface area contributed by atoms with Gasteiger partial charge in [0.25, 0.3) is 5.89 Å². The van der Waals surface area contributed by atoms with Gasteiger partial charge >= 0.3 is 5.97 Å². The van der Waals surface area contributed by atoms with E-state index < -0.39 is 0 Å². The second-order valence-electron chi connectivity index (χ2n) is 4.38. The number of ether oxygens (including phenoxy) is 1. The van der Waals surface area contributed by atoms with E-state index in [1.165, 1.54) is 11.8 Å². The van der Waals surface area contributed by atoms with Crippen molar-refractivity contribution < 1.29 is 14.1 Å². The number of rotatable bonds is 5. The summed E-state index contributed by atoms with van der Waals surface area (Å²) in [5.41, 5.74) is 1.61. The SMILES string of the molecule is Cc1noc(COC(=O)CSc2cnc3ccccc3n2)n1. The van der Waals surface area contributed by atoms with E-state index >= 15 is 0 Å². The molecule has 0 bridgehead atoms. The minimum absolute atomic E-state index is 0.0242. The van der Waals surface area contributed by atoms with Crippen molar-refractivity contribution in [3.63, 3.8) is 0 Å². The highest BCUT2D eigenvalue weighted by molar-refractivity contribution is 7.99. The van der Waals surface area contributed by atoms with Crippen LogP contribution in [0.3, 0.4) is 0 Å². The summed E-state index contributed by atoms with van der Waals surface area (Å²) in [7, 11) is 0. The van der Waals surface area contributed by atoms with E-state index in [0.29, 0.717) is 10.9 Å². The fraction of sp³-hybridized carbons (Fsp3) is 0.214. The Morgan fingerprint density at radius 2 is 2.09 bits per heavy atom. The van der Waals surface area contributed by atoms with Gasteiger partial charge in [-0.25, -0.2) is 4.98 Å². The minimum Gasteiger partial charge on any atom is -0.455 e. The van der Waals surface area contributed by atoms with Gasteiger partial charge in [0.2, 0.25) is 0 Å². The fourth-order valence-corrected chi connectivity index (χ4v) is 2.36. The summed E-state index contributed by atoms with van der Waals surface area (Å²) >= 11 is 1.27. The smallest absolute Gasteiger partial charge is 0.316 e. The van der Waals surface area contributed by atoms with Gasteiger partial charge in [0.1, 0.15) is 5.03 Å². The predicted molar refractivity (Wildman–Crippen MR) is 79.1 cm³/mol. The van der Waals surface area contributed by atoms with E-state index in [9.17, 15) is 4.79 Å². The maximum atomic E-state index is 11.7. The Labute approximate surface area is 130 Å². The lowest BCUT2D eigenvalue weighted by atomic mass is 10.3. The summed E-state index contributed by atoms with van der Waals surface area (Å²) in [4.78, 5) is 24.3. The van der Waals surface area contributed by atoms with Gasteiger partial charge in [-0.1, -0.05) is 29.1 Å². The first-order chi connectivity index (χ1) is 10.7. The second kappa shape index (κ2) is 6.52. The number of fused-ring (bicyclic) bond motifs is 1. The van der Waals surface area contributed by atoms with Gasteiger partial charge in [-0.15, -0.1) is 0 Å². The van der Waals surface area contributed by atoms with E-state index in [4.69, 9.17) is 9.26 Å². The van der Waals surface area contributed by atoms with Crippen molar-refractivity contribution in [1.82, 2.24) is 20.1 Å². The number of aromatic nitrogens is 4. The average Bonchev–Trinajstić information content (AvgIpc) is 2.96. The monoisotopic (exact) mass is 316 g/mol. The van der Waals surface area contributed by atoms with E-state index in [0.717, 1.165) is 11.0 Å². The molecule has 2 heterocycles. The van der Waals surface area contributed by atoms with Gasteiger partial charge in [-0.3, -0.25) is 9.78 Å². The molecule has 1 aromatic carbocycles. The van der Waals surface area contributed by atoms with Crippen LogP contribution >= 0.6 is 11.8 Å². The third-order valence-electron chi connectivity index (χ3n) is 2.69. The van der Waals surface area contributed by atoms with Crippen LogP contribution in [0.15, 0.2) is 40.0 Å². The van der Waals surface area contributed by atoms with Gasteiger partial charge in [0, 0.05) is 0 Å². The Morgan fingerprint density at radius 3 is 2.86 bits per heavy atom. The fourth-order valence-electron chi connectivity index (χ4n) is 1.73. The van der Waals surface area contributed by atoms with Crippen molar-refractivity contribution in [2.75, 3.05) is 5.75 Å². The highest BCUT2D eigenvalue weighted by atomic mass is 32.2. The molecule has 0 atom stereocenters. The number of nitrogens with zero attached hydrogens (tertiary/aromatic N) is 4. The quantitative estimate of drug-likeness (QED) is 0.522. The van der Waals surface area contributed by atoms with Crippen LogP contribution in [0.1, 0.15) is 11.7 Å². The summed E-state index contributed by atoms with van der Waals surface area (Å²) in [6, 6.07) is 7.56. The molecule has 0 spiro atoms. The van der Waals surface area contributed by atoms with Crippen molar-refractivity contribution in [2.24, 2.45) is 0 Å². The molecule has 0 saturated heterocycles. The average molecular weight is 316 g/mol. The van der Waals surface area contributed by atoms with Crippen molar-refractivity contribution >= 4 is 28.8 Å². The minimum atomic E-state index is -0.379. The molecule has 0 fully saturated rings. The number of carbonyl (C=O) groups excluding carboxylic acids is 1. The van der Waals surface area contributed by atoms with Crippen LogP contribution in [0, 0.1) is 6.92 Å². The van der Waals surface area contributed by atoms with Gasteiger partial charge in [0.15, 0.2) is 12.4 Å². The molecule has 0 N–H and O–H groups in total. The largest absolute Gasteiger partial charge is 0.455 e. The lowest BCUT2D eigenvalue weighted by Gasteiger charge is -2.02. The second-order valence-corrected chi connectivity index (χ2v) is 5.38. The predicted octanol–water partition coefficient (Wildman–Crippen LogP) is 2.16. The summed E-state index contributed by atoms with van der Waals surface area (Å²) < 4.78 is 9.90. The first kappa shape index (κ1) is 14.5. The summed E-state index contributed by atoms with van der Waals surface area (Å²) in [5.74, 6) is 0.546. The summed E-state index contributed by atoms with van der Waals surface area (Å²) in [6.45, 7) is 1.67. The molecular weight excluding hydrogens is 304 g/mol. The zero-order chi connectivity index (χ0) is 15.4. The first-order valence-corrected chi connectivity index (χ1v) is 7.48. The number of para-hydroxylation sites is 2. The Hall–Kier alpha value is -2.48. The summed E-state index contributed by atoms with van der Waals surface area (Å²) in [5, 5.41) is 4.29. The zero-order valence-corrected chi connectivity index (χ0v) is 12.5. The molecule has 7 nitrogen and oxygen atoms in total. The molecule has 0 aliphatic rings. The van der Waals surface area contributed by atoms with Crippen LogP contribution in [-0.2, 0) is 16.1 Å². The van der Waals surface area contributed by atoms with Crippen LogP contribution in [0.25, 0.3) is 11.0 Å². The maximum absolute atomic E-state index is 11.7.